The van der Waals surface area contributed by atoms with Crippen LogP contribution in [0.1, 0.15) is 36.8 Å². The van der Waals surface area contributed by atoms with Gasteiger partial charge in [0.25, 0.3) is 0 Å². The van der Waals surface area contributed by atoms with E-state index in [1.165, 1.54) is 29.5 Å². The van der Waals surface area contributed by atoms with E-state index in [0.29, 0.717) is 0 Å². The third-order valence-electron chi connectivity index (χ3n) is 4.06. The molecule has 1 saturated carbocycles. The fraction of sp³-hybridized carbons (Fsp3) is 0.438. The average Bonchev–Trinajstić information content (AvgIpc) is 2.97. The number of carbonyl (C=O) groups is 1. The molecule has 0 saturated heterocycles. The summed E-state index contributed by atoms with van der Waals surface area (Å²) in [6.07, 6.45) is 7.69. The molecular formula is C16H20N2O. The second-order valence-corrected chi connectivity index (χ2v) is 5.40. The minimum Gasteiger partial charge on any atom is -0.320 e. The van der Waals surface area contributed by atoms with Gasteiger partial charge in [0, 0.05) is 19.3 Å². The monoisotopic (exact) mass is 256 g/mol. The van der Waals surface area contributed by atoms with Crippen LogP contribution in [0.25, 0.3) is 0 Å². The van der Waals surface area contributed by atoms with Crippen molar-refractivity contribution >= 4 is 6.03 Å². The number of nitrogens with zero attached hydrogens (tertiary/aromatic N) is 1. The molecule has 3 nitrogen and oxygen atoms in total. The minimum absolute atomic E-state index is 0.0360. The number of amides is 2. The maximum atomic E-state index is 12.1. The number of carbonyl (C=O) groups excluding carboxylic acids is 1. The topological polar surface area (TPSA) is 32.3 Å². The number of fused-ring (bicyclic) bond motifs is 1. The van der Waals surface area contributed by atoms with Crippen LogP contribution in [0.2, 0.25) is 0 Å². The summed E-state index contributed by atoms with van der Waals surface area (Å²) < 4.78 is 0. The van der Waals surface area contributed by atoms with Crippen LogP contribution in [-0.2, 0) is 13.0 Å². The molecule has 1 aliphatic heterocycles. The lowest BCUT2D eigenvalue weighted by Crippen LogP contribution is -2.41. The van der Waals surface area contributed by atoms with Crippen molar-refractivity contribution in [3.63, 3.8) is 0 Å². The van der Waals surface area contributed by atoms with Gasteiger partial charge in [-0.15, -0.1) is 0 Å². The van der Waals surface area contributed by atoms with Crippen LogP contribution in [-0.4, -0.2) is 17.5 Å². The smallest absolute Gasteiger partial charge is 0.320 e. The fourth-order valence-electron chi connectivity index (χ4n) is 2.90. The Labute approximate surface area is 114 Å². The molecule has 0 spiro atoms. The second-order valence-electron chi connectivity index (χ2n) is 5.40. The van der Waals surface area contributed by atoms with Gasteiger partial charge in [0.05, 0.1) is 0 Å². The summed E-state index contributed by atoms with van der Waals surface area (Å²) >= 11 is 0. The summed E-state index contributed by atoms with van der Waals surface area (Å²) in [5, 5.41) is 2.95. The van der Waals surface area contributed by atoms with E-state index in [2.05, 4.69) is 23.5 Å². The highest BCUT2D eigenvalue weighted by molar-refractivity contribution is 5.75. The Hall–Kier alpha value is -1.77. The molecule has 0 atom stereocenters. The summed E-state index contributed by atoms with van der Waals surface area (Å²) in [5.74, 6) is 0. The van der Waals surface area contributed by atoms with E-state index in [4.69, 9.17) is 0 Å². The van der Waals surface area contributed by atoms with Crippen molar-refractivity contribution in [2.75, 3.05) is 6.54 Å². The lowest BCUT2D eigenvalue weighted by atomic mass is 10.0. The van der Waals surface area contributed by atoms with E-state index in [0.717, 1.165) is 32.4 Å². The Bertz CT molecular complexity index is 499. The largest absolute Gasteiger partial charge is 0.321 e. The molecule has 1 aliphatic carbocycles. The quantitative estimate of drug-likeness (QED) is 0.822. The van der Waals surface area contributed by atoms with E-state index in [1.807, 2.05) is 17.2 Å². The van der Waals surface area contributed by atoms with E-state index >= 15 is 0 Å². The number of hydrogen-bond acceptors (Lipinski definition) is 1. The van der Waals surface area contributed by atoms with Gasteiger partial charge in [-0.2, -0.15) is 0 Å². The van der Waals surface area contributed by atoms with Gasteiger partial charge in [0.15, 0.2) is 0 Å². The van der Waals surface area contributed by atoms with Crippen LogP contribution in [0.15, 0.2) is 36.0 Å². The highest BCUT2D eigenvalue weighted by Crippen LogP contribution is 2.23. The minimum atomic E-state index is 0.0360. The molecule has 1 aromatic carbocycles. The van der Waals surface area contributed by atoms with Gasteiger partial charge in [-0.3, -0.25) is 0 Å². The summed E-state index contributed by atoms with van der Waals surface area (Å²) in [4.78, 5) is 14.0. The number of urea groups is 1. The summed E-state index contributed by atoms with van der Waals surface area (Å²) in [6, 6.07) is 8.42. The molecular weight excluding hydrogens is 236 g/mol. The van der Waals surface area contributed by atoms with Crippen molar-refractivity contribution in [3.05, 3.63) is 47.2 Å². The van der Waals surface area contributed by atoms with E-state index in [1.54, 1.807) is 0 Å². The average molecular weight is 256 g/mol. The Kier molecular flexibility index (Phi) is 3.53. The maximum absolute atomic E-state index is 12.1. The highest BCUT2D eigenvalue weighted by atomic mass is 16.2. The Morgan fingerprint density at radius 1 is 1.11 bits per heavy atom. The molecule has 1 heterocycles. The van der Waals surface area contributed by atoms with E-state index < -0.39 is 0 Å². The fourth-order valence-corrected chi connectivity index (χ4v) is 2.90. The van der Waals surface area contributed by atoms with Crippen LogP contribution in [0, 0.1) is 0 Å². The molecule has 19 heavy (non-hydrogen) atoms. The van der Waals surface area contributed by atoms with Crippen molar-refractivity contribution in [1.82, 2.24) is 10.2 Å². The molecule has 3 heteroatoms. The first-order valence-corrected chi connectivity index (χ1v) is 7.13. The Morgan fingerprint density at radius 3 is 2.63 bits per heavy atom. The second kappa shape index (κ2) is 5.47. The van der Waals surface area contributed by atoms with Gasteiger partial charge in [0.2, 0.25) is 0 Å². The standard InChI is InChI=1S/C16H20N2O/c19-16(17-11-13-5-1-2-6-13)18-10-9-14-7-3-4-8-15(14)12-18/h3-4,7-8,11H,1-2,5-6,9-10,12H2,(H,17,19). The highest BCUT2D eigenvalue weighted by Gasteiger charge is 2.19. The van der Waals surface area contributed by atoms with Crippen molar-refractivity contribution in [3.8, 4) is 0 Å². The van der Waals surface area contributed by atoms with Crippen LogP contribution < -0.4 is 5.32 Å². The zero-order valence-electron chi connectivity index (χ0n) is 11.2. The predicted molar refractivity (Wildman–Crippen MR) is 75.6 cm³/mol. The van der Waals surface area contributed by atoms with Gasteiger partial charge < -0.3 is 10.2 Å². The molecule has 2 amide bonds. The van der Waals surface area contributed by atoms with E-state index in [-0.39, 0.29) is 6.03 Å². The summed E-state index contributed by atoms with van der Waals surface area (Å²) in [5.41, 5.74) is 4.03. The molecule has 1 aromatic rings. The third-order valence-corrected chi connectivity index (χ3v) is 4.06. The molecule has 1 N–H and O–H groups in total. The molecule has 100 valence electrons. The van der Waals surface area contributed by atoms with Crippen LogP contribution in [0.4, 0.5) is 4.79 Å². The third kappa shape index (κ3) is 2.80. The van der Waals surface area contributed by atoms with Gasteiger partial charge in [-0.25, -0.2) is 4.79 Å². The lowest BCUT2D eigenvalue weighted by Gasteiger charge is -2.28. The van der Waals surface area contributed by atoms with Crippen LogP contribution in [0.3, 0.4) is 0 Å². The molecule has 0 radical (unpaired) electrons. The van der Waals surface area contributed by atoms with Crippen molar-refractivity contribution in [2.24, 2.45) is 0 Å². The van der Waals surface area contributed by atoms with Gasteiger partial charge in [-0.1, -0.05) is 29.8 Å². The number of nitrogens with one attached hydrogen (secondary N) is 1. The molecule has 2 aliphatic rings. The molecule has 3 rings (SSSR count). The van der Waals surface area contributed by atoms with Gasteiger partial charge in [0.1, 0.15) is 0 Å². The Morgan fingerprint density at radius 2 is 1.84 bits per heavy atom. The molecule has 0 bridgehead atoms. The van der Waals surface area contributed by atoms with Crippen molar-refractivity contribution < 1.29 is 4.79 Å². The first kappa shape index (κ1) is 12.3. The Balaban J connectivity index is 1.61. The van der Waals surface area contributed by atoms with E-state index in [9.17, 15) is 4.79 Å². The van der Waals surface area contributed by atoms with Crippen LogP contribution in [0.5, 0.6) is 0 Å². The zero-order valence-corrected chi connectivity index (χ0v) is 11.2. The van der Waals surface area contributed by atoms with Crippen molar-refractivity contribution in [1.29, 1.82) is 0 Å². The van der Waals surface area contributed by atoms with Crippen LogP contribution >= 0.6 is 0 Å². The summed E-state index contributed by atoms with van der Waals surface area (Å²) in [6.45, 7) is 1.54. The first-order valence-electron chi connectivity index (χ1n) is 7.13. The molecule has 0 unspecified atom stereocenters. The number of hydrogen-bond donors (Lipinski definition) is 1. The first-order chi connectivity index (χ1) is 9.33. The molecule has 1 fully saturated rings. The van der Waals surface area contributed by atoms with Crippen molar-refractivity contribution in [2.45, 2.75) is 38.6 Å². The SMILES string of the molecule is O=C(NC=C1CCCC1)N1CCc2ccccc2C1. The molecule has 0 aromatic heterocycles. The number of allylic oxidation sites excluding steroid dienone is 1. The van der Waals surface area contributed by atoms with Gasteiger partial charge in [-0.05, 0) is 43.2 Å². The van der Waals surface area contributed by atoms with Gasteiger partial charge >= 0.3 is 6.03 Å². The maximum Gasteiger partial charge on any atom is 0.321 e. The zero-order chi connectivity index (χ0) is 13.1. The lowest BCUT2D eigenvalue weighted by molar-refractivity contribution is 0.196. The predicted octanol–water partition coefficient (Wildman–Crippen LogP) is 3.21. The number of rotatable bonds is 1. The normalized spacial score (nSPS) is 18.1. The summed E-state index contributed by atoms with van der Waals surface area (Å²) in [7, 11) is 0. The number of benzene rings is 1.